The fourth-order valence-electron chi connectivity index (χ4n) is 5.59. The zero-order valence-corrected chi connectivity index (χ0v) is 12.9. The normalized spacial score (nSPS) is 39.0. The molecule has 3 nitrogen and oxygen atoms in total. The molecule has 0 aromatic rings. The van der Waals surface area contributed by atoms with Crippen LogP contribution in [0.5, 0.6) is 0 Å². The van der Waals surface area contributed by atoms with Crippen LogP contribution in [0, 0.1) is 5.41 Å². The summed E-state index contributed by atoms with van der Waals surface area (Å²) >= 11 is 0. The van der Waals surface area contributed by atoms with E-state index in [0.29, 0.717) is 0 Å². The van der Waals surface area contributed by atoms with Crippen molar-refractivity contribution in [3.8, 4) is 0 Å². The fourth-order valence-corrected chi connectivity index (χ4v) is 5.59. The molecule has 3 aliphatic heterocycles. The lowest BCUT2D eigenvalue weighted by Gasteiger charge is -2.47. The van der Waals surface area contributed by atoms with Gasteiger partial charge in [-0.15, -0.1) is 0 Å². The summed E-state index contributed by atoms with van der Waals surface area (Å²) in [7, 11) is 0. The van der Waals surface area contributed by atoms with Crippen LogP contribution in [0.1, 0.15) is 57.8 Å². The minimum Gasteiger partial charge on any atom is -0.317 e. The van der Waals surface area contributed by atoms with Crippen molar-refractivity contribution >= 4 is 0 Å². The Morgan fingerprint density at radius 1 is 0.650 bits per heavy atom. The van der Waals surface area contributed by atoms with Gasteiger partial charge in [0.25, 0.3) is 0 Å². The molecule has 3 heterocycles. The highest BCUT2D eigenvalue weighted by atomic mass is 15.3. The standard InChI is InChI=1S/C17H31N3/c1-2-16-13-19-10-5-14(1)20(16)15-3-6-17(7-4-15)8-11-18-12-9-17/h14-16,18-19H,1-13H2. The Labute approximate surface area is 123 Å². The number of nitrogens with zero attached hydrogens (tertiary/aromatic N) is 1. The maximum atomic E-state index is 3.65. The van der Waals surface area contributed by atoms with E-state index in [1.165, 1.54) is 84.0 Å². The van der Waals surface area contributed by atoms with Gasteiger partial charge in [0.15, 0.2) is 0 Å². The van der Waals surface area contributed by atoms with Crippen LogP contribution in [-0.2, 0) is 0 Å². The summed E-state index contributed by atoms with van der Waals surface area (Å²) < 4.78 is 0. The van der Waals surface area contributed by atoms with E-state index in [9.17, 15) is 0 Å². The first-order valence-electron chi connectivity index (χ1n) is 9.05. The summed E-state index contributed by atoms with van der Waals surface area (Å²) in [4.78, 5) is 2.97. The molecule has 3 saturated heterocycles. The Kier molecular flexibility index (Phi) is 3.78. The van der Waals surface area contributed by atoms with E-state index in [1.54, 1.807) is 0 Å². The summed E-state index contributed by atoms with van der Waals surface area (Å²) in [5.41, 5.74) is 0.727. The van der Waals surface area contributed by atoms with E-state index in [2.05, 4.69) is 15.5 Å². The summed E-state index contributed by atoms with van der Waals surface area (Å²) in [6, 6.07) is 2.67. The molecule has 1 aliphatic carbocycles. The SMILES string of the molecule is C1CC2(CCN1)CCC(N1C3CCNCC1CC3)CC2. The molecular weight excluding hydrogens is 246 g/mol. The first-order chi connectivity index (χ1) is 9.86. The smallest absolute Gasteiger partial charge is 0.0227 e. The van der Waals surface area contributed by atoms with Crippen LogP contribution in [0.15, 0.2) is 0 Å². The highest BCUT2D eigenvalue weighted by molar-refractivity contribution is 4.99. The predicted molar refractivity (Wildman–Crippen MR) is 82.9 cm³/mol. The number of rotatable bonds is 1. The predicted octanol–water partition coefficient (Wildman–Crippen LogP) is 2.13. The molecule has 2 unspecified atom stereocenters. The van der Waals surface area contributed by atoms with Crippen molar-refractivity contribution in [2.24, 2.45) is 5.41 Å². The van der Waals surface area contributed by atoms with Gasteiger partial charge in [-0.25, -0.2) is 0 Å². The summed E-state index contributed by atoms with van der Waals surface area (Å²) in [5.74, 6) is 0. The first kappa shape index (κ1) is 13.5. The maximum Gasteiger partial charge on any atom is 0.0227 e. The lowest BCUT2D eigenvalue weighted by atomic mass is 9.67. The van der Waals surface area contributed by atoms with E-state index < -0.39 is 0 Å². The minimum atomic E-state index is 0.727. The van der Waals surface area contributed by atoms with Gasteiger partial charge in [-0.05, 0) is 82.8 Å². The van der Waals surface area contributed by atoms with Crippen LogP contribution in [0.4, 0.5) is 0 Å². The van der Waals surface area contributed by atoms with Crippen molar-refractivity contribution in [3.05, 3.63) is 0 Å². The third-order valence-corrected chi connectivity index (χ3v) is 6.81. The fraction of sp³-hybridized carbons (Fsp3) is 1.00. The van der Waals surface area contributed by atoms with Gasteiger partial charge >= 0.3 is 0 Å². The van der Waals surface area contributed by atoms with Crippen molar-refractivity contribution in [2.75, 3.05) is 26.2 Å². The van der Waals surface area contributed by atoms with Crippen molar-refractivity contribution < 1.29 is 0 Å². The average molecular weight is 277 g/mol. The number of hydrogen-bond acceptors (Lipinski definition) is 3. The van der Waals surface area contributed by atoms with Gasteiger partial charge in [0.2, 0.25) is 0 Å². The summed E-state index contributed by atoms with van der Waals surface area (Å²) in [5, 5.41) is 7.20. The zero-order valence-electron chi connectivity index (χ0n) is 12.9. The monoisotopic (exact) mass is 277 g/mol. The van der Waals surface area contributed by atoms with Crippen LogP contribution in [0.25, 0.3) is 0 Å². The van der Waals surface area contributed by atoms with Gasteiger partial charge in [0.05, 0.1) is 0 Å². The Morgan fingerprint density at radius 2 is 1.35 bits per heavy atom. The molecule has 3 heteroatoms. The number of fused-ring (bicyclic) bond motifs is 2. The second-order valence-corrected chi connectivity index (χ2v) is 7.81. The van der Waals surface area contributed by atoms with Crippen molar-refractivity contribution in [1.29, 1.82) is 0 Å². The molecular formula is C17H31N3. The van der Waals surface area contributed by atoms with Crippen LogP contribution < -0.4 is 10.6 Å². The molecule has 0 amide bonds. The Balaban J connectivity index is 1.41. The van der Waals surface area contributed by atoms with Crippen molar-refractivity contribution in [3.63, 3.8) is 0 Å². The van der Waals surface area contributed by atoms with Gasteiger partial charge in [-0.1, -0.05) is 0 Å². The second-order valence-electron chi connectivity index (χ2n) is 7.81. The molecule has 2 atom stereocenters. The molecule has 0 radical (unpaired) electrons. The van der Waals surface area contributed by atoms with Crippen molar-refractivity contribution in [1.82, 2.24) is 15.5 Å². The number of hydrogen-bond donors (Lipinski definition) is 2. The lowest BCUT2D eigenvalue weighted by molar-refractivity contribution is 0.0433. The molecule has 2 bridgehead atoms. The van der Waals surface area contributed by atoms with Gasteiger partial charge < -0.3 is 10.6 Å². The molecule has 4 aliphatic rings. The number of piperidine rings is 1. The second kappa shape index (κ2) is 5.58. The Hall–Kier alpha value is -0.120. The largest absolute Gasteiger partial charge is 0.317 e. The van der Waals surface area contributed by atoms with Crippen LogP contribution in [-0.4, -0.2) is 49.2 Å². The quantitative estimate of drug-likeness (QED) is 0.769. The summed E-state index contributed by atoms with van der Waals surface area (Å²) in [6.07, 6.45) is 13.1. The molecule has 4 fully saturated rings. The van der Waals surface area contributed by atoms with Crippen LogP contribution in [0.3, 0.4) is 0 Å². The first-order valence-corrected chi connectivity index (χ1v) is 9.05. The molecule has 0 aromatic carbocycles. The van der Waals surface area contributed by atoms with Crippen LogP contribution >= 0.6 is 0 Å². The third-order valence-electron chi connectivity index (χ3n) is 6.81. The maximum absolute atomic E-state index is 3.65. The molecule has 4 rings (SSSR count). The van der Waals surface area contributed by atoms with Gasteiger partial charge in [-0.2, -0.15) is 0 Å². The molecule has 1 saturated carbocycles. The highest BCUT2D eigenvalue weighted by Gasteiger charge is 2.43. The molecule has 2 N–H and O–H groups in total. The molecule has 20 heavy (non-hydrogen) atoms. The van der Waals surface area contributed by atoms with Gasteiger partial charge in [-0.3, -0.25) is 4.90 Å². The van der Waals surface area contributed by atoms with Gasteiger partial charge in [0, 0.05) is 24.7 Å². The van der Waals surface area contributed by atoms with E-state index in [4.69, 9.17) is 0 Å². The van der Waals surface area contributed by atoms with E-state index >= 15 is 0 Å². The average Bonchev–Trinajstić information content (AvgIpc) is 2.74. The lowest BCUT2D eigenvalue weighted by Crippen LogP contribution is -2.49. The third kappa shape index (κ3) is 2.42. The van der Waals surface area contributed by atoms with E-state index in [-0.39, 0.29) is 0 Å². The van der Waals surface area contributed by atoms with Crippen molar-refractivity contribution in [2.45, 2.75) is 75.9 Å². The van der Waals surface area contributed by atoms with Gasteiger partial charge in [0.1, 0.15) is 0 Å². The Morgan fingerprint density at radius 3 is 2.15 bits per heavy atom. The molecule has 1 spiro atoms. The number of nitrogens with one attached hydrogen (secondary N) is 2. The topological polar surface area (TPSA) is 27.3 Å². The van der Waals surface area contributed by atoms with E-state index in [0.717, 1.165) is 23.5 Å². The Bertz CT molecular complexity index is 313. The molecule has 0 aromatic heterocycles. The zero-order chi connectivity index (χ0) is 13.4. The van der Waals surface area contributed by atoms with Crippen LogP contribution in [0.2, 0.25) is 0 Å². The molecule has 114 valence electrons. The summed E-state index contributed by atoms with van der Waals surface area (Å²) in [6.45, 7) is 5.04. The highest BCUT2D eigenvalue weighted by Crippen LogP contribution is 2.46. The van der Waals surface area contributed by atoms with E-state index in [1.807, 2.05) is 0 Å². The minimum absolute atomic E-state index is 0.727.